The lowest BCUT2D eigenvalue weighted by atomic mass is 10.1. The zero-order chi connectivity index (χ0) is 52.3. The first kappa shape index (κ1) is 56.4. The van der Waals surface area contributed by atoms with Crippen LogP contribution < -0.4 is 0 Å². The summed E-state index contributed by atoms with van der Waals surface area (Å²) >= 11 is 7.73. The first-order valence-electron chi connectivity index (χ1n) is 29.4. The third kappa shape index (κ3) is 15.1. The number of H-pyrrole nitrogens is 2. The van der Waals surface area contributed by atoms with E-state index in [1.54, 1.807) is 0 Å². The maximum atomic E-state index is 5.50. The van der Waals surface area contributed by atoms with Gasteiger partial charge in [0.15, 0.2) is 23.3 Å². The maximum Gasteiger partial charge on any atom is 0.164 e. The molecule has 3 aromatic heterocycles. The fraction of sp³-hybridized carbons (Fsp3) is 0.500. The Hall–Kier alpha value is -4.36. The molecule has 9 rings (SSSR count). The van der Waals surface area contributed by atoms with Crippen LogP contribution in [0, 0.1) is 0 Å². The lowest BCUT2D eigenvalue weighted by Crippen LogP contribution is -1.86. The Morgan fingerprint density at radius 2 is 0.553 bits per heavy atom. The molecule has 0 amide bonds. The van der Waals surface area contributed by atoms with E-state index in [4.69, 9.17) is 29.9 Å². The predicted molar refractivity (Wildman–Crippen MR) is 332 cm³/mol. The molecule has 2 aliphatic heterocycles. The second-order valence-corrected chi connectivity index (χ2v) is 25.6. The number of aromatic amines is 2. The highest BCUT2D eigenvalue weighted by Crippen LogP contribution is 2.41. The van der Waals surface area contributed by atoms with Crippen molar-refractivity contribution in [1.82, 2.24) is 39.9 Å². The average molecular weight is 1090 g/mol. The monoisotopic (exact) mass is 1090 g/mol. The normalized spacial score (nSPS) is 12.1. The highest BCUT2D eigenvalue weighted by atomic mass is 32.2. The smallest absolute Gasteiger partial charge is 0.164 e. The highest BCUT2D eigenvalue weighted by Gasteiger charge is 2.24. The number of fused-ring (bicyclic) bond motifs is 20. The van der Waals surface area contributed by atoms with Crippen molar-refractivity contribution in [3.05, 3.63) is 72.8 Å². The van der Waals surface area contributed by atoms with E-state index < -0.39 is 0 Å². The molecule has 76 heavy (non-hydrogen) atoms. The summed E-state index contributed by atoms with van der Waals surface area (Å²) < 4.78 is 0. The van der Waals surface area contributed by atoms with Crippen LogP contribution in [-0.4, -0.2) is 62.9 Å². The van der Waals surface area contributed by atoms with Crippen LogP contribution in [0.25, 0.3) is 89.7 Å². The van der Waals surface area contributed by atoms with Crippen molar-refractivity contribution in [3.8, 4) is 45.6 Å². The molecule has 2 aliphatic rings. The fourth-order valence-electron chi connectivity index (χ4n) is 10.4. The molecule has 0 aliphatic carbocycles. The van der Waals surface area contributed by atoms with Gasteiger partial charge in [0.1, 0.15) is 22.6 Å². The molecule has 0 radical (unpaired) electrons. The molecule has 2 N–H and O–H groups in total. The van der Waals surface area contributed by atoms with Crippen LogP contribution in [0.2, 0.25) is 0 Å². The fourth-order valence-corrected chi connectivity index (χ4v) is 14.2. The van der Waals surface area contributed by atoms with E-state index in [0.29, 0.717) is 23.3 Å². The van der Waals surface area contributed by atoms with Crippen molar-refractivity contribution in [3.63, 3.8) is 0 Å². The van der Waals surface area contributed by atoms with E-state index >= 15 is 0 Å². The van der Waals surface area contributed by atoms with Gasteiger partial charge >= 0.3 is 0 Å². The zero-order valence-electron chi connectivity index (χ0n) is 46.0. The van der Waals surface area contributed by atoms with Crippen LogP contribution >= 0.6 is 47.0 Å². The van der Waals surface area contributed by atoms with Gasteiger partial charge in [0.25, 0.3) is 0 Å². The number of rotatable bonds is 32. The van der Waals surface area contributed by atoms with Crippen LogP contribution in [0.3, 0.4) is 0 Å². The topological polar surface area (TPSA) is 109 Å². The van der Waals surface area contributed by atoms with Gasteiger partial charge in [0, 0.05) is 63.4 Å². The Morgan fingerprint density at radius 1 is 0.276 bits per heavy atom. The van der Waals surface area contributed by atoms with Crippen LogP contribution in [0.4, 0.5) is 0 Å². The van der Waals surface area contributed by atoms with E-state index in [0.717, 1.165) is 89.4 Å². The molecular formula is C64H82N8S4. The molecule has 0 unspecified atom stereocenters. The minimum absolute atomic E-state index is 0.644. The van der Waals surface area contributed by atoms with Crippen LogP contribution in [-0.2, 0) is 0 Å². The molecule has 0 fully saturated rings. The van der Waals surface area contributed by atoms with Gasteiger partial charge < -0.3 is 9.97 Å². The summed E-state index contributed by atoms with van der Waals surface area (Å²) in [5, 5.41) is 4.07. The minimum Gasteiger partial charge on any atom is -0.324 e. The molecule has 0 atom stereocenters. The van der Waals surface area contributed by atoms with E-state index in [2.05, 4.69) is 110 Å². The summed E-state index contributed by atoms with van der Waals surface area (Å²) in [7, 11) is 0. The molecule has 4 aromatic carbocycles. The van der Waals surface area contributed by atoms with E-state index in [9.17, 15) is 0 Å². The lowest BCUT2D eigenvalue weighted by molar-refractivity contribution is 0.627. The van der Waals surface area contributed by atoms with Gasteiger partial charge in [-0.1, -0.05) is 156 Å². The second kappa shape index (κ2) is 29.6. The van der Waals surface area contributed by atoms with Gasteiger partial charge in [-0.25, -0.2) is 29.9 Å². The number of hydrogen-bond acceptors (Lipinski definition) is 10. The molecule has 8 bridgehead atoms. The van der Waals surface area contributed by atoms with Gasteiger partial charge in [0.2, 0.25) is 0 Å². The molecule has 0 saturated carbocycles. The zero-order valence-corrected chi connectivity index (χ0v) is 49.3. The van der Waals surface area contributed by atoms with Gasteiger partial charge in [-0.15, -0.1) is 47.0 Å². The molecule has 5 heterocycles. The standard InChI is InChI=1S/C64H82N8S4/c1-5-9-13-17-21-25-37-73-45-29-33-49-53(41-45)61-66-57(49)65-58-50-34-30-47(75-39-27-23-19-15-11-7-3)43-55(50)63(67-58)72-64-56-44-48(76-40-28-24-20-16-12-8-4)32-36-52(56)60(71-64)70-62-54-42-46(31-35-51(54)59(68-61)69-62)74-38-26-22-18-14-10-6-2/h29-36,41-44H,5-28,37-40H2,1-4H3,(H2,65,66,67,68,69,70,71,72). The number of nitrogens with zero attached hydrogens (tertiary/aromatic N) is 6. The molecule has 402 valence electrons. The van der Waals surface area contributed by atoms with Gasteiger partial charge in [-0.2, -0.15) is 0 Å². The Balaban J connectivity index is 1.17. The maximum absolute atomic E-state index is 5.50. The van der Waals surface area contributed by atoms with Crippen molar-refractivity contribution >= 4 is 91.2 Å². The number of thioether (sulfide) groups is 4. The minimum atomic E-state index is 0.644. The Bertz CT molecular complexity index is 3160. The summed E-state index contributed by atoms with van der Waals surface area (Å²) in [6.07, 6.45) is 30.9. The molecule has 7 aromatic rings. The van der Waals surface area contributed by atoms with Crippen molar-refractivity contribution in [1.29, 1.82) is 0 Å². The van der Waals surface area contributed by atoms with Crippen LogP contribution in [0.1, 0.15) is 182 Å². The molecule has 8 nitrogen and oxygen atoms in total. The number of benzene rings is 4. The predicted octanol–water partition coefficient (Wildman–Crippen LogP) is 20.7. The third-order valence-corrected chi connectivity index (χ3v) is 19.1. The lowest BCUT2D eigenvalue weighted by Gasteiger charge is -2.05. The van der Waals surface area contributed by atoms with E-state index in [-0.39, 0.29) is 0 Å². The first-order chi connectivity index (χ1) is 37.5. The molecular weight excluding hydrogens is 1010 g/mol. The molecule has 0 spiro atoms. The quantitative estimate of drug-likeness (QED) is 0.0313. The number of nitrogens with one attached hydrogen (secondary N) is 2. The number of unbranched alkanes of at least 4 members (excludes halogenated alkanes) is 20. The van der Waals surface area contributed by atoms with Gasteiger partial charge in [0.05, 0.1) is 0 Å². The van der Waals surface area contributed by atoms with E-state index in [1.165, 1.54) is 174 Å². The Kier molecular flexibility index (Phi) is 21.9. The van der Waals surface area contributed by atoms with Crippen molar-refractivity contribution in [2.24, 2.45) is 0 Å². The van der Waals surface area contributed by atoms with Crippen LogP contribution in [0.5, 0.6) is 0 Å². The Morgan fingerprint density at radius 3 is 0.895 bits per heavy atom. The largest absolute Gasteiger partial charge is 0.324 e. The highest BCUT2D eigenvalue weighted by molar-refractivity contribution is 8.00. The van der Waals surface area contributed by atoms with Crippen molar-refractivity contribution in [2.45, 2.75) is 201 Å². The first-order valence-corrected chi connectivity index (χ1v) is 33.4. The van der Waals surface area contributed by atoms with Gasteiger partial charge in [-0.05, 0) is 121 Å². The number of aromatic nitrogens is 8. The second-order valence-electron chi connectivity index (χ2n) is 20.9. The summed E-state index contributed by atoms with van der Waals surface area (Å²) in [5.41, 5.74) is 6.91. The van der Waals surface area contributed by atoms with Crippen molar-refractivity contribution in [2.75, 3.05) is 23.0 Å². The summed E-state index contributed by atoms with van der Waals surface area (Å²) in [4.78, 5) is 44.9. The molecule has 12 heteroatoms. The van der Waals surface area contributed by atoms with Crippen molar-refractivity contribution < 1.29 is 0 Å². The average Bonchev–Trinajstić information content (AvgIpc) is 4.17. The van der Waals surface area contributed by atoms with E-state index in [1.807, 2.05) is 47.0 Å². The third-order valence-electron chi connectivity index (χ3n) is 14.8. The SMILES string of the molecule is CCCCCCCCSc1ccc2c(c1)-c1nc-2nc2[nH]c(nc3nc(nc4[nH]c(n1)c1ccc(SCCCCCCCC)cc41)-c1cc(SCCCCCCCC)ccc1-3)c1ccc(SCCCCCCCC)cc21. The number of hydrogen-bond donors (Lipinski definition) is 2. The Labute approximate surface area is 470 Å². The molecule has 0 saturated heterocycles. The van der Waals surface area contributed by atoms with Gasteiger partial charge in [-0.3, -0.25) is 0 Å². The summed E-state index contributed by atoms with van der Waals surface area (Å²) in [5.74, 6) is 6.96. The summed E-state index contributed by atoms with van der Waals surface area (Å²) in [6.45, 7) is 9.14. The van der Waals surface area contributed by atoms with Crippen LogP contribution in [0.15, 0.2) is 92.4 Å². The summed E-state index contributed by atoms with van der Waals surface area (Å²) in [6, 6.07) is 27.0.